The topological polar surface area (TPSA) is 149 Å². The van der Waals surface area contributed by atoms with E-state index < -0.39 is 30.0 Å². The Hall–Kier alpha value is -5.28. The van der Waals surface area contributed by atoms with E-state index in [0.29, 0.717) is 57.9 Å². The Labute approximate surface area is 348 Å². The Morgan fingerprint density at radius 1 is 0.797 bits per heavy atom. The van der Waals surface area contributed by atoms with Gasteiger partial charge < -0.3 is 31.1 Å². The number of amides is 4. The maximum Gasteiger partial charge on any atom is 0.243 e. The number of nitrogens with one attached hydrogen (secondary N) is 4. The van der Waals surface area contributed by atoms with Crippen molar-refractivity contribution in [3.63, 3.8) is 0 Å². The van der Waals surface area contributed by atoms with E-state index in [1.807, 2.05) is 36.4 Å². The lowest BCUT2D eigenvalue weighted by atomic mass is 9.83. The van der Waals surface area contributed by atoms with Gasteiger partial charge in [-0.05, 0) is 57.9 Å². The maximum atomic E-state index is 14.7. The lowest BCUT2D eigenvalue weighted by Crippen LogP contribution is -2.54. The zero-order chi connectivity index (χ0) is 41.2. The molecule has 1 saturated heterocycles. The van der Waals surface area contributed by atoms with E-state index in [1.165, 1.54) is 0 Å². The number of rotatable bonds is 19. The second-order valence-corrected chi connectivity index (χ2v) is 15.9. The molecule has 1 heterocycles. The summed E-state index contributed by atoms with van der Waals surface area (Å²) >= 11 is 0. The van der Waals surface area contributed by atoms with Gasteiger partial charge in [0.05, 0.1) is 38.3 Å². The molecule has 0 bridgehead atoms. The number of hydrogen-bond acceptors (Lipinski definition) is 7. The molecule has 2 fully saturated rings. The van der Waals surface area contributed by atoms with Crippen LogP contribution in [0.4, 0.5) is 0 Å². The number of ether oxygens (including phenoxy) is 1. The second kappa shape index (κ2) is 22.8. The number of aliphatic hydroxyl groups excluding tert-OH is 1. The van der Waals surface area contributed by atoms with Gasteiger partial charge in [-0.2, -0.15) is 0 Å². The highest BCUT2D eigenvalue weighted by Gasteiger charge is 2.32. The van der Waals surface area contributed by atoms with Crippen molar-refractivity contribution >= 4 is 45.7 Å². The van der Waals surface area contributed by atoms with Crippen molar-refractivity contribution < 1.29 is 29.0 Å². The predicted octanol–water partition coefficient (Wildman–Crippen LogP) is 4.67. The van der Waals surface area contributed by atoms with E-state index in [4.69, 9.17) is 4.74 Å². The molecule has 5 N–H and O–H groups in total. The van der Waals surface area contributed by atoms with Crippen LogP contribution >= 0.6 is 0 Å². The largest absolute Gasteiger partial charge is 0.390 e. The summed E-state index contributed by atoms with van der Waals surface area (Å²) in [5, 5.41) is 27.5. The smallest absolute Gasteiger partial charge is 0.243 e. The maximum absolute atomic E-state index is 14.7. The van der Waals surface area contributed by atoms with Crippen LogP contribution < -0.4 is 21.3 Å². The summed E-state index contributed by atoms with van der Waals surface area (Å²) in [6, 6.07) is 26.7. The van der Waals surface area contributed by atoms with Crippen molar-refractivity contribution in [1.82, 2.24) is 26.2 Å². The first-order chi connectivity index (χ1) is 28.9. The molecule has 312 valence electrons. The molecule has 1 saturated carbocycles. The third kappa shape index (κ3) is 13.1. The first kappa shape index (κ1) is 43.3. The molecule has 0 spiro atoms. The highest BCUT2D eigenvalue weighted by Crippen LogP contribution is 2.29. The molecule has 4 amide bonds. The lowest BCUT2D eigenvalue weighted by molar-refractivity contribution is -0.132. The molecular weight excluding hydrogens is 743 g/mol. The van der Waals surface area contributed by atoms with Crippen LogP contribution in [0.15, 0.2) is 84.9 Å². The van der Waals surface area contributed by atoms with Gasteiger partial charge in [0, 0.05) is 38.5 Å². The number of carbonyl (C=O) groups is 4. The molecule has 1 aliphatic carbocycles. The van der Waals surface area contributed by atoms with Crippen LogP contribution in [0.3, 0.4) is 0 Å². The molecule has 11 nitrogen and oxygen atoms in total. The van der Waals surface area contributed by atoms with Crippen molar-refractivity contribution in [2.24, 2.45) is 11.8 Å². The molecule has 4 aromatic rings. The number of aliphatic hydroxyl groups is 1. The first-order valence-corrected chi connectivity index (χ1v) is 21.3. The van der Waals surface area contributed by atoms with Crippen LogP contribution in [-0.2, 0) is 36.8 Å². The Kier molecular flexibility index (Phi) is 16.7. The monoisotopic (exact) mass is 801 g/mol. The van der Waals surface area contributed by atoms with Gasteiger partial charge in [0.15, 0.2) is 0 Å². The van der Waals surface area contributed by atoms with E-state index in [1.54, 1.807) is 0 Å². The standard InChI is InChI=1S/C48H59N5O6/c54-34-49-23-9-8-22-43(48(58)52-44(30-35-12-2-1-3-13-35)45(55)33-46(56)50-24-25-53-26-28-59-29-27-53)51-47(57)40(31-38-18-10-16-36-14-4-6-20-41(36)38)32-39-19-11-17-37-15-5-7-21-42(37)39/h4-7,10-11,14-21,34-35,40,43-45,55H,1-3,12-13,22-33H2,(H,49,54)(H,50,56)(H,51,57)(H,52,58). The summed E-state index contributed by atoms with van der Waals surface area (Å²) in [6.45, 7) is 4.23. The number of nitrogens with zero attached hydrogens (tertiary/aromatic N) is 1. The van der Waals surface area contributed by atoms with Crippen LogP contribution in [0, 0.1) is 23.7 Å². The van der Waals surface area contributed by atoms with Gasteiger partial charge >= 0.3 is 0 Å². The van der Waals surface area contributed by atoms with Crippen molar-refractivity contribution in [2.45, 2.75) is 82.4 Å². The van der Waals surface area contributed by atoms with Gasteiger partial charge in [-0.25, -0.2) is 0 Å². The fraction of sp³-hybridized carbons (Fsp3) is 0.458. The Morgan fingerprint density at radius 3 is 2.07 bits per heavy atom. The summed E-state index contributed by atoms with van der Waals surface area (Å²) < 4.78 is 5.42. The fourth-order valence-corrected chi connectivity index (χ4v) is 8.52. The van der Waals surface area contributed by atoms with E-state index >= 15 is 0 Å². The van der Waals surface area contributed by atoms with E-state index in [0.717, 1.165) is 77.9 Å². The highest BCUT2D eigenvalue weighted by atomic mass is 16.5. The average molecular weight is 802 g/mol. The molecule has 11 heteroatoms. The molecule has 59 heavy (non-hydrogen) atoms. The van der Waals surface area contributed by atoms with Gasteiger partial charge in [0.25, 0.3) is 0 Å². The molecule has 3 atom stereocenters. The fourth-order valence-electron chi connectivity index (χ4n) is 8.52. The van der Waals surface area contributed by atoms with E-state index in [2.05, 4.69) is 86.5 Å². The minimum Gasteiger partial charge on any atom is -0.390 e. The number of benzene rings is 4. The molecule has 3 unspecified atom stereocenters. The summed E-state index contributed by atoms with van der Waals surface area (Å²) in [6.07, 6.45) is 5.95. The third-order valence-corrected chi connectivity index (χ3v) is 11.8. The normalized spacial score (nSPS) is 16.4. The summed E-state index contributed by atoms with van der Waals surface area (Å²) in [4.78, 5) is 55.3. The van der Waals surface area contributed by atoms with Gasteiger partial charge in [0.1, 0.15) is 6.04 Å². The minimum absolute atomic E-state index is 0.0123. The first-order valence-electron chi connectivity index (χ1n) is 21.3. The van der Waals surface area contributed by atoms with Gasteiger partial charge in [0.2, 0.25) is 24.1 Å². The van der Waals surface area contributed by atoms with Crippen molar-refractivity contribution in [3.05, 3.63) is 96.1 Å². The molecule has 0 radical (unpaired) electrons. The number of carbonyl (C=O) groups excluding carboxylic acids is 4. The summed E-state index contributed by atoms with van der Waals surface area (Å²) in [7, 11) is 0. The quantitative estimate of drug-likeness (QED) is 0.0526. The lowest BCUT2D eigenvalue weighted by Gasteiger charge is -2.31. The zero-order valence-electron chi connectivity index (χ0n) is 34.0. The van der Waals surface area contributed by atoms with Crippen LogP contribution in [0.5, 0.6) is 0 Å². The third-order valence-electron chi connectivity index (χ3n) is 11.8. The van der Waals surface area contributed by atoms with E-state index in [9.17, 15) is 24.3 Å². The Bertz CT molecular complexity index is 1980. The van der Waals surface area contributed by atoms with Crippen LogP contribution in [0.1, 0.15) is 62.5 Å². The molecule has 1 aliphatic heterocycles. The number of morpholine rings is 1. The summed E-state index contributed by atoms with van der Waals surface area (Å²) in [5.74, 6) is 4.55. The van der Waals surface area contributed by atoms with Gasteiger partial charge in [-0.1, -0.05) is 129 Å². The minimum atomic E-state index is -1.13. The molecular formula is C48H59N5O6. The van der Waals surface area contributed by atoms with Crippen LogP contribution in [-0.4, -0.2) is 98.3 Å². The van der Waals surface area contributed by atoms with Crippen molar-refractivity contribution in [1.29, 1.82) is 0 Å². The van der Waals surface area contributed by atoms with Crippen LogP contribution in [0.25, 0.3) is 21.5 Å². The SMILES string of the molecule is O=CNCC#CCC(NC(=O)C(Cc1cccc2ccccc12)Cc1cccc2ccccc12)C(=O)NC(CC1CCCCC1)C(O)CC(=O)NCCN1CCOCC1. The molecule has 4 aromatic carbocycles. The molecule has 2 aliphatic rings. The number of hydrogen-bond donors (Lipinski definition) is 5. The summed E-state index contributed by atoms with van der Waals surface area (Å²) in [5.41, 5.74) is 2.06. The Balaban J connectivity index is 1.22. The van der Waals surface area contributed by atoms with Crippen molar-refractivity contribution in [2.75, 3.05) is 45.9 Å². The van der Waals surface area contributed by atoms with Gasteiger partial charge in [-0.3, -0.25) is 24.1 Å². The Morgan fingerprint density at radius 2 is 1.42 bits per heavy atom. The molecule has 6 rings (SSSR count). The number of fused-ring (bicyclic) bond motifs is 2. The van der Waals surface area contributed by atoms with E-state index in [-0.39, 0.29) is 31.2 Å². The average Bonchev–Trinajstić information content (AvgIpc) is 3.26. The molecule has 0 aromatic heterocycles. The predicted molar refractivity (Wildman–Crippen MR) is 231 cm³/mol. The van der Waals surface area contributed by atoms with Crippen LogP contribution in [0.2, 0.25) is 0 Å². The second-order valence-electron chi connectivity index (χ2n) is 15.9. The van der Waals surface area contributed by atoms with Gasteiger partial charge in [-0.15, -0.1) is 0 Å². The highest BCUT2D eigenvalue weighted by molar-refractivity contribution is 5.91. The van der Waals surface area contributed by atoms with Crippen molar-refractivity contribution in [3.8, 4) is 11.8 Å². The zero-order valence-corrected chi connectivity index (χ0v) is 34.0.